The van der Waals surface area contributed by atoms with Crippen LogP contribution in [0.2, 0.25) is 0 Å². The number of benzene rings is 1. The van der Waals surface area contributed by atoms with Gasteiger partial charge in [-0.3, -0.25) is 9.59 Å². The number of rotatable bonds is 6. The molecule has 1 aromatic rings. The van der Waals surface area contributed by atoms with Crippen molar-refractivity contribution in [1.82, 2.24) is 0 Å². The van der Waals surface area contributed by atoms with Gasteiger partial charge in [0.15, 0.2) is 5.12 Å². The second-order valence-electron chi connectivity index (χ2n) is 7.41. The lowest BCUT2D eigenvalue weighted by Crippen LogP contribution is -2.41. The number of para-hydroxylation sites is 1. The smallest absolute Gasteiger partial charge is 0.411 e. The van der Waals surface area contributed by atoms with Crippen LogP contribution in [-0.4, -0.2) is 46.5 Å². The zero-order chi connectivity index (χ0) is 20.9. The molecule has 7 nitrogen and oxygen atoms in total. The van der Waals surface area contributed by atoms with Crippen molar-refractivity contribution in [1.29, 1.82) is 0 Å². The fourth-order valence-electron chi connectivity index (χ4n) is 2.51. The first kappa shape index (κ1) is 22.2. The lowest BCUT2D eigenvalue weighted by Gasteiger charge is -2.32. The van der Waals surface area contributed by atoms with E-state index in [9.17, 15) is 9.59 Å². The van der Waals surface area contributed by atoms with Crippen LogP contribution >= 0.6 is 11.8 Å². The van der Waals surface area contributed by atoms with Crippen LogP contribution in [0.25, 0.3) is 6.08 Å². The van der Waals surface area contributed by atoms with Gasteiger partial charge in [0.1, 0.15) is 6.21 Å². The first-order valence-corrected chi connectivity index (χ1v) is 9.81. The molecule has 2 N–H and O–H groups in total. The minimum Gasteiger partial charge on any atom is -0.411 e. The molecule has 1 saturated heterocycles. The van der Waals surface area contributed by atoms with E-state index in [1.807, 2.05) is 45.9 Å². The summed E-state index contributed by atoms with van der Waals surface area (Å²) in [6.45, 7) is 9.36. The molecule has 1 fully saturated rings. The average Bonchev–Trinajstić information content (AvgIpc) is 2.80. The molecular formula is C19H25BN2O5S. The number of carbonyl (C=O) groups is 2. The van der Waals surface area contributed by atoms with Gasteiger partial charge in [-0.25, -0.2) is 0 Å². The van der Waals surface area contributed by atoms with Crippen molar-refractivity contribution in [2.24, 2.45) is 5.16 Å². The van der Waals surface area contributed by atoms with Crippen LogP contribution in [0, 0.1) is 0 Å². The highest BCUT2D eigenvalue weighted by Crippen LogP contribution is 2.39. The van der Waals surface area contributed by atoms with Crippen molar-refractivity contribution < 1.29 is 24.1 Å². The molecule has 0 aliphatic carbocycles. The summed E-state index contributed by atoms with van der Waals surface area (Å²) >= 11 is 1.16. The van der Waals surface area contributed by atoms with E-state index in [4.69, 9.17) is 14.5 Å². The van der Waals surface area contributed by atoms with Gasteiger partial charge in [0, 0.05) is 18.4 Å². The zero-order valence-electron chi connectivity index (χ0n) is 16.7. The van der Waals surface area contributed by atoms with E-state index in [-0.39, 0.29) is 5.12 Å². The molecule has 1 aromatic carbocycles. The fraction of sp³-hybridized carbons (Fsp3) is 0.421. The number of anilines is 1. The minimum absolute atomic E-state index is 0.0110. The summed E-state index contributed by atoms with van der Waals surface area (Å²) in [7, 11) is -0.611. The van der Waals surface area contributed by atoms with Gasteiger partial charge in [-0.2, -0.15) is 0 Å². The third-order valence-electron chi connectivity index (χ3n) is 4.73. The van der Waals surface area contributed by atoms with Crippen molar-refractivity contribution in [2.45, 2.75) is 45.8 Å². The number of amides is 1. The largest absolute Gasteiger partial charge is 0.491 e. The van der Waals surface area contributed by atoms with Crippen molar-refractivity contribution >= 4 is 47.9 Å². The summed E-state index contributed by atoms with van der Waals surface area (Å²) in [5.41, 5.74) is 1.01. The Bertz CT molecular complexity index is 791. The molecule has 0 aromatic heterocycles. The number of nitrogens with zero attached hydrogens (tertiary/aromatic N) is 1. The molecule has 150 valence electrons. The molecule has 1 aliphatic heterocycles. The molecule has 0 bridgehead atoms. The van der Waals surface area contributed by atoms with Crippen LogP contribution in [0.15, 0.2) is 34.9 Å². The maximum atomic E-state index is 11.8. The Morgan fingerprint density at radius 1 is 1.21 bits per heavy atom. The van der Waals surface area contributed by atoms with Crippen LogP contribution in [0.5, 0.6) is 0 Å². The molecule has 2 rings (SSSR count). The lowest BCUT2D eigenvalue weighted by molar-refractivity contribution is -0.110. The highest BCUT2D eigenvalue weighted by Gasteiger charge is 2.52. The number of carbonyl (C=O) groups excluding carboxylic acids is 2. The Hall–Kier alpha value is -2.10. The summed E-state index contributed by atoms with van der Waals surface area (Å²) in [6.07, 6.45) is 2.63. The number of hydrogen-bond donors (Lipinski definition) is 2. The molecule has 0 radical (unpaired) electrons. The highest BCUT2D eigenvalue weighted by atomic mass is 32.2. The standard InChI is InChI=1S/C19H25BN2O5S/c1-13(23)28-12-15(20-26-18(2,3)19(4,5)27-20)10-14-8-6-7-9-16(14)22-17(24)11-21-25/h6-11,25H,12H2,1-5H3,(H,22,24). The second kappa shape index (κ2) is 8.94. The normalized spacial score (nSPS) is 18.5. The number of thioether (sulfide) groups is 1. The molecule has 0 saturated carbocycles. The predicted octanol–water partition coefficient (Wildman–Crippen LogP) is 3.38. The number of nitrogens with one attached hydrogen (secondary N) is 1. The lowest BCUT2D eigenvalue weighted by atomic mass is 9.78. The van der Waals surface area contributed by atoms with Crippen molar-refractivity contribution in [3.05, 3.63) is 35.3 Å². The first-order chi connectivity index (χ1) is 13.1. The molecule has 9 heteroatoms. The maximum absolute atomic E-state index is 11.8. The quantitative estimate of drug-likeness (QED) is 0.327. The molecule has 1 amide bonds. The van der Waals surface area contributed by atoms with Gasteiger partial charge in [-0.15, -0.1) is 0 Å². The van der Waals surface area contributed by atoms with E-state index >= 15 is 0 Å². The van der Waals surface area contributed by atoms with E-state index in [1.165, 1.54) is 6.92 Å². The summed E-state index contributed by atoms with van der Waals surface area (Å²) < 4.78 is 12.3. The summed E-state index contributed by atoms with van der Waals surface area (Å²) in [5, 5.41) is 13.9. The van der Waals surface area contributed by atoms with Crippen LogP contribution in [0.1, 0.15) is 40.2 Å². The Labute approximate surface area is 169 Å². The predicted molar refractivity (Wildman–Crippen MR) is 113 cm³/mol. The first-order valence-electron chi connectivity index (χ1n) is 8.82. The Kier molecular flexibility index (Phi) is 7.08. The number of hydrogen-bond acceptors (Lipinski definition) is 7. The fourth-order valence-corrected chi connectivity index (χ4v) is 3.10. The second-order valence-corrected chi connectivity index (χ2v) is 8.56. The van der Waals surface area contributed by atoms with Gasteiger partial charge in [0.2, 0.25) is 0 Å². The molecule has 0 atom stereocenters. The van der Waals surface area contributed by atoms with E-state index < -0.39 is 24.2 Å². The minimum atomic E-state index is -0.611. The van der Waals surface area contributed by atoms with E-state index in [0.29, 0.717) is 11.4 Å². The van der Waals surface area contributed by atoms with E-state index in [0.717, 1.165) is 29.0 Å². The molecule has 1 heterocycles. The molecule has 0 unspecified atom stereocenters. The van der Waals surface area contributed by atoms with Gasteiger partial charge >= 0.3 is 7.12 Å². The SMILES string of the molecule is CC(=O)SCC(=Cc1ccccc1NC(=O)C=NO)B1OC(C)(C)C(C)(C)O1. The number of oxime groups is 1. The topological polar surface area (TPSA) is 97.2 Å². The van der Waals surface area contributed by atoms with Crippen molar-refractivity contribution in [3.63, 3.8) is 0 Å². The van der Waals surface area contributed by atoms with Gasteiger partial charge in [0.25, 0.3) is 5.91 Å². The monoisotopic (exact) mass is 404 g/mol. The average molecular weight is 404 g/mol. The molecule has 28 heavy (non-hydrogen) atoms. The van der Waals surface area contributed by atoms with Crippen LogP contribution in [0.4, 0.5) is 5.69 Å². The van der Waals surface area contributed by atoms with Crippen molar-refractivity contribution in [3.8, 4) is 0 Å². The Morgan fingerprint density at radius 3 is 2.39 bits per heavy atom. The zero-order valence-corrected chi connectivity index (χ0v) is 17.5. The van der Waals surface area contributed by atoms with Crippen LogP contribution in [0.3, 0.4) is 0 Å². The van der Waals surface area contributed by atoms with Gasteiger partial charge in [-0.1, -0.05) is 41.2 Å². The van der Waals surface area contributed by atoms with Crippen LogP contribution in [-0.2, 0) is 18.9 Å². The Morgan fingerprint density at radius 2 is 1.82 bits per heavy atom. The summed E-state index contributed by atoms with van der Waals surface area (Å²) in [5.74, 6) is -0.161. The molecular weight excluding hydrogens is 379 g/mol. The van der Waals surface area contributed by atoms with Gasteiger partial charge in [-0.05, 0) is 44.8 Å². The van der Waals surface area contributed by atoms with Gasteiger partial charge in [0.05, 0.1) is 11.2 Å². The maximum Gasteiger partial charge on any atom is 0.491 e. The van der Waals surface area contributed by atoms with E-state index in [2.05, 4.69) is 10.5 Å². The third kappa shape index (κ3) is 5.46. The Balaban J connectivity index is 2.38. The van der Waals surface area contributed by atoms with Crippen LogP contribution < -0.4 is 5.32 Å². The third-order valence-corrected chi connectivity index (χ3v) is 5.62. The molecule has 1 aliphatic rings. The molecule has 0 spiro atoms. The summed E-state index contributed by atoms with van der Waals surface area (Å²) in [6, 6.07) is 7.17. The van der Waals surface area contributed by atoms with Crippen molar-refractivity contribution in [2.75, 3.05) is 11.1 Å². The summed E-state index contributed by atoms with van der Waals surface area (Å²) in [4.78, 5) is 23.3. The highest BCUT2D eigenvalue weighted by molar-refractivity contribution is 8.13. The van der Waals surface area contributed by atoms with Gasteiger partial charge < -0.3 is 19.8 Å². The van der Waals surface area contributed by atoms with E-state index in [1.54, 1.807) is 12.1 Å².